The predicted octanol–water partition coefficient (Wildman–Crippen LogP) is 1.75. The standard InChI is InChI=1S/C13H18ClNO4S/c1-13(2,3)19-12(17)8-7(5-14)6-20-11-9(18-4)10(16)15(8)11/h9,11H,5-6H2,1-4H3. The molecule has 0 spiro atoms. The van der Waals surface area contributed by atoms with Gasteiger partial charge in [-0.3, -0.25) is 9.69 Å². The maximum absolute atomic E-state index is 12.3. The molecule has 2 unspecified atom stereocenters. The lowest BCUT2D eigenvalue weighted by Crippen LogP contribution is -2.65. The van der Waals surface area contributed by atoms with Gasteiger partial charge >= 0.3 is 5.97 Å². The number of nitrogens with zero attached hydrogens (tertiary/aromatic N) is 1. The van der Waals surface area contributed by atoms with Gasteiger partial charge in [0.25, 0.3) is 5.91 Å². The van der Waals surface area contributed by atoms with Crippen LogP contribution in [0.15, 0.2) is 11.3 Å². The zero-order valence-electron chi connectivity index (χ0n) is 11.9. The van der Waals surface area contributed by atoms with E-state index in [2.05, 4.69) is 0 Å². The molecule has 2 atom stereocenters. The number of amides is 1. The van der Waals surface area contributed by atoms with Crippen LogP contribution in [-0.4, -0.2) is 52.6 Å². The molecule has 2 heterocycles. The minimum Gasteiger partial charge on any atom is -0.455 e. The van der Waals surface area contributed by atoms with Crippen molar-refractivity contribution in [3.63, 3.8) is 0 Å². The first-order valence-electron chi connectivity index (χ1n) is 6.29. The summed E-state index contributed by atoms with van der Waals surface area (Å²) in [5.41, 5.74) is 0.401. The Hall–Kier alpha value is -0.720. The summed E-state index contributed by atoms with van der Waals surface area (Å²) in [6.45, 7) is 5.37. The first-order chi connectivity index (χ1) is 9.30. The fourth-order valence-corrected chi connectivity index (χ4v) is 3.85. The molecule has 1 fully saturated rings. The van der Waals surface area contributed by atoms with Crippen LogP contribution in [0.2, 0.25) is 0 Å². The van der Waals surface area contributed by atoms with Crippen molar-refractivity contribution in [1.29, 1.82) is 0 Å². The molecular weight excluding hydrogens is 302 g/mol. The molecule has 7 heteroatoms. The van der Waals surface area contributed by atoms with E-state index < -0.39 is 17.7 Å². The number of esters is 1. The van der Waals surface area contributed by atoms with Crippen molar-refractivity contribution in [1.82, 2.24) is 4.90 Å². The van der Waals surface area contributed by atoms with Gasteiger partial charge in [-0.25, -0.2) is 4.79 Å². The number of rotatable bonds is 3. The monoisotopic (exact) mass is 319 g/mol. The second-order valence-electron chi connectivity index (χ2n) is 5.65. The van der Waals surface area contributed by atoms with E-state index >= 15 is 0 Å². The number of thioether (sulfide) groups is 1. The molecule has 0 aromatic carbocycles. The second-order valence-corrected chi connectivity index (χ2v) is 7.03. The van der Waals surface area contributed by atoms with E-state index in [9.17, 15) is 9.59 Å². The molecule has 0 aromatic rings. The van der Waals surface area contributed by atoms with E-state index in [0.717, 1.165) is 5.57 Å². The molecule has 0 saturated carbocycles. The number of alkyl halides is 1. The van der Waals surface area contributed by atoms with Crippen LogP contribution in [0, 0.1) is 0 Å². The number of hydrogen-bond donors (Lipinski definition) is 0. The van der Waals surface area contributed by atoms with Crippen molar-refractivity contribution < 1.29 is 19.1 Å². The van der Waals surface area contributed by atoms with Crippen LogP contribution in [0.1, 0.15) is 20.8 Å². The molecule has 2 aliphatic rings. The zero-order valence-corrected chi connectivity index (χ0v) is 13.5. The van der Waals surface area contributed by atoms with E-state index in [-0.39, 0.29) is 22.9 Å². The van der Waals surface area contributed by atoms with Crippen LogP contribution < -0.4 is 0 Å². The molecule has 0 radical (unpaired) electrons. The number of carbonyl (C=O) groups is 2. The van der Waals surface area contributed by atoms with Crippen molar-refractivity contribution in [3.05, 3.63) is 11.3 Å². The quantitative estimate of drug-likeness (QED) is 0.451. The average Bonchev–Trinajstić information content (AvgIpc) is 2.35. The number of carbonyl (C=O) groups excluding carboxylic acids is 2. The summed E-state index contributed by atoms with van der Waals surface area (Å²) in [5, 5.41) is -0.165. The molecule has 0 N–H and O–H groups in total. The highest BCUT2D eigenvalue weighted by Gasteiger charge is 2.54. The zero-order chi connectivity index (χ0) is 15.1. The highest BCUT2D eigenvalue weighted by atomic mass is 35.5. The molecule has 5 nitrogen and oxygen atoms in total. The van der Waals surface area contributed by atoms with E-state index in [4.69, 9.17) is 21.1 Å². The summed E-state index contributed by atoms with van der Waals surface area (Å²) < 4.78 is 10.5. The Bertz CT molecular complexity index is 471. The highest BCUT2D eigenvalue weighted by molar-refractivity contribution is 8.00. The highest BCUT2D eigenvalue weighted by Crippen LogP contribution is 2.42. The summed E-state index contributed by atoms with van der Waals surface area (Å²) in [6.07, 6.45) is -0.491. The first kappa shape index (κ1) is 15.7. The Morgan fingerprint density at radius 3 is 2.65 bits per heavy atom. The molecule has 2 rings (SSSR count). The van der Waals surface area contributed by atoms with Gasteiger partial charge in [0.1, 0.15) is 16.7 Å². The molecular formula is C13H18ClNO4S. The van der Waals surface area contributed by atoms with Gasteiger partial charge in [-0.15, -0.1) is 23.4 Å². The SMILES string of the molecule is COC1C(=O)N2C(C(=O)OC(C)(C)C)=C(CCl)CSC12. The number of ether oxygens (including phenoxy) is 2. The van der Waals surface area contributed by atoms with Crippen molar-refractivity contribution in [2.75, 3.05) is 18.7 Å². The number of fused-ring (bicyclic) bond motifs is 1. The van der Waals surface area contributed by atoms with Gasteiger partial charge in [0.2, 0.25) is 0 Å². The topological polar surface area (TPSA) is 55.8 Å². The normalized spacial score (nSPS) is 26.2. The molecule has 1 amide bonds. The van der Waals surface area contributed by atoms with Gasteiger partial charge in [-0.05, 0) is 26.3 Å². The smallest absolute Gasteiger partial charge is 0.355 e. The lowest BCUT2D eigenvalue weighted by Gasteiger charge is -2.49. The lowest BCUT2D eigenvalue weighted by atomic mass is 10.1. The third-order valence-electron chi connectivity index (χ3n) is 3.01. The Labute approximate surface area is 127 Å². The minimum atomic E-state index is -0.615. The Balaban J connectivity index is 2.29. The molecule has 0 aliphatic carbocycles. The molecule has 0 bridgehead atoms. The Morgan fingerprint density at radius 2 is 2.15 bits per heavy atom. The summed E-state index contributed by atoms with van der Waals surface area (Å²) in [7, 11) is 1.49. The van der Waals surface area contributed by atoms with Crippen LogP contribution in [0.4, 0.5) is 0 Å². The third kappa shape index (κ3) is 2.69. The second kappa shape index (κ2) is 5.58. The van der Waals surface area contributed by atoms with Crippen LogP contribution in [-0.2, 0) is 19.1 Å². The van der Waals surface area contributed by atoms with Gasteiger partial charge < -0.3 is 9.47 Å². The number of hydrogen-bond acceptors (Lipinski definition) is 5. The van der Waals surface area contributed by atoms with Crippen molar-refractivity contribution >= 4 is 35.2 Å². The number of methoxy groups -OCH3 is 1. The molecule has 1 saturated heterocycles. The van der Waals surface area contributed by atoms with Gasteiger partial charge in [0.05, 0.1) is 0 Å². The van der Waals surface area contributed by atoms with Crippen molar-refractivity contribution in [3.8, 4) is 0 Å². The van der Waals surface area contributed by atoms with Gasteiger partial charge in [-0.1, -0.05) is 0 Å². The Morgan fingerprint density at radius 1 is 1.50 bits per heavy atom. The van der Waals surface area contributed by atoms with E-state index in [1.54, 1.807) is 32.5 Å². The Kier molecular flexibility index (Phi) is 4.37. The van der Waals surface area contributed by atoms with Crippen molar-refractivity contribution in [2.45, 2.75) is 37.9 Å². The fraction of sp³-hybridized carbons (Fsp3) is 0.692. The van der Waals surface area contributed by atoms with Crippen LogP contribution in [0.5, 0.6) is 0 Å². The molecule has 0 aromatic heterocycles. The maximum Gasteiger partial charge on any atom is 0.355 e. The van der Waals surface area contributed by atoms with Gasteiger partial charge in [0, 0.05) is 18.7 Å². The number of halogens is 1. The minimum absolute atomic E-state index is 0.165. The van der Waals surface area contributed by atoms with Gasteiger partial charge in [-0.2, -0.15) is 0 Å². The summed E-state index contributed by atoms with van der Waals surface area (Å²) in [4.78, 5) is 25.9. The van der Waals surface area contributed by atoms with E-state index in [1.165, 1.54) is 12.0 Å². The molecule has 112 valence electrons. The van der Waals surface area contributed by atoms with Crippen molar-refractivity contribution in [2.24, 2.45) is 0 Å². The van der Waals surface area contributed by atoms with Gasteiger partial charge in [0.15, 0.2) is 6.10 Å². The summed E-state index contributed by atoms with van der Waals surface area (Å²) in [5.74, 6) is 0.0942. The van der Waals surface area contributed by atoms with Crippen LogP contribution in [0.3, 0.4) is 0 Å². The lowest BCUT2D eigenvalue weighted by molar-refractivity contribution is -0.166. The third-order valence-corrected chi connectivity index (χ3v) is 4.64. The molecule has 20 heavy (non-hydrogen) atoms. The first-order valence-corrected chi connectivity index (χ1v) is 7.87. The molecule has 2 aliphatic heterocycles. The van der Waals surface area contributed by atoms with Crippen LogP contribution >= 0.6 is 23.4 Å². The van der Waals surface area contributed by atoms with E-state index in [0.29, 0.717) is 5.75 Å². The number of β-lactam (4-membered cyclic amide) rings is 1. The maximum atomic E-state index is 12.3. The summed E-state index contributed by atoms with van der Waals surface area (Å²) >= 11 is 7.45. The fourth-order valence-electron chi connectivity index (χ4n) is 2.15. The van der Waals surface area contributed by atoms with E-state index in [1.807, 2.05) is 0 Å². The predicted molar refractivity (Wildman–Crippen MR) is 77.5 cm³/mol. The summed E-state index contributed by atoms with van der Waals surface area (Å²) in [6, 6.07) is 0. The average molecular weight is 320 g/mol. The largest absolute Gasteiger partial charge is 0.455 e. The van der Waals surface area contributed by atoms with Crippen LogP contribution in [0.25, 0.3) is 0 Å².